The van der Waals surface area contributed by atoms with Crippen molar-refractivity contribution < 1.29 is 4.79 Å². The second-order valence-electron chi connectivity index (χ2n) is 4.66. The number of carbonyl (C=O) groups is 1. The lowest BCUT2D eigenvalue weighted by molar-refractivity contribution is 0.0911. The molecule has 1 aromatic carbocycles. The highest BCUT2D eigenvalue weighted by Crippen LogP contribution is 2.22. The van der Waals surface area contributed by atoms with E-state index in [1.54, 1.807) is 25.1 Å². The molecule has 0 radical (unpaired) electrons. The van der Waals surface area contributed by atoms with E-state index in [1.165, 1.54) is 9.08 Å². The lowest BCUT2D eigenvalue weighted by Gasteiger charge is -2.22. The van der Waals surface area contributed by atoms with Crippen molar-refractivity contribution in [2.24, 2.45) is 0 Å². The molecule has 1 aliphatic rings. The van der Waals surface area contributed by atoms with E-state index in [4.69, 9.17) is 11.6 Å². The maximum absolute atomic E-state index is 12.6. The van der Waals surface area contributed by atoms with E-state index in [0.29, 0.717) is 21.6 Å². The quantitative estimate of drug-likeness (QED) is 0.668. The van der Waals surface area contributed by atoms with Gasteiger partial charge in [-0.1, -0.05) is 16.8 Å². The molecule has 0 aliphatic carbocycles. The second-order valence-corrected chi connectivity index (χ2v) is 5.10. The SMILES string of the molecule is CC1NC(=O)c2nnn3c4ccc(Cl)cc4c(=O)n1c23. The molecule has 1 unspecified atom stereocenters. The van der Waals surface area contributed by atoms with Gasteiger partial charge in [0.15, 0.2) is 11.3 Å². The molecule has 1 aliphatic heterocycles. The lowest BCUT2D eigenvalue weighted by Crippen LogP contribution is -2.41. The van der Waals surface area contributed by atoms with Crippen LogP contribution in [0.4, 0.5) is 0 Å². The molecule has 0 saturated heterocycles. The van der Waals surface area contributed by atoms with Gasteiger partial charge < -0.3 is 5.32 Å². The van der Waals surface area contributed by atoms with Crippen LogP contribution in [-0.2, 0) is 0 Å². The van der Waals surface area contributed by atoms with Gasteiger partial charge in [-0.15, -0.1) is 5.10 Å². The molecule has 100 valence electrons. The van der Waals surface area contributed by atoms with E-state index in [-0.39, 0.29) is 17.2 Å². The minimum Gasteiger partial charge on any atom is -0.330 e. The summed E-state index contributed by atoms with van der Waals surface area (Å²) in [4.78, 5) is 24.5. The summed E-state index contributed by atoms with van der Waals surface area (Å²) < 4.78 is 2.97. The normalized spacial score (nSPS) is 17.7. The van der Waals surface area contributed by atoms with E-state index in [0.717, 1.165) is 0 Å². The summed E-state index contributed by atoms with van der Waals surface area (Å²) >= 11 is 5.95. The van der Waals surface area contributed by atoms with Gasteiger partial charge in [-0.25, -0.2) is 0 Å². The van der Waals surface area contributed by atoms with Crippen molar-refractivity contribution in [1.29, 1.82) is 0 Å². The number of nitrogens with one attached hydrogen (secondary N) is 1. The molecule has 3 aromatic rings. The Morgan fingerprint density at radius 1 is 1.35 bits per heavy atom. The second kappa shape index (κ2) is 3.57. The Balaban J connectivity index is 2.34. The summed E-state index contributed by atoms with van der Waals surface area (Å²) in [7, 11) is 0. The summed E-state index contributed by atoms with van der Waals surface area (Å²) in [5, 5.41) is 11.4. The Bertz CT molecular complexity index is 958. The van der Waals surface area contributed by atoms with Crippen LogP contribution in [0.15, 0.2) is 23.0 Å². The van der Waals surface area contributed by atoms with E-state index >= 15 is 0 Å². The van der Waals surface area contributed by atoms with Gasteiger partial charge in [-0.05, 0) is 25.1 Å². The van der Waals surface area contributed by atoms with Crippen molar-refractivity contribution in [3.05, 3.63) is 39.3 Å². The predicted octanol–water partition coefficient (Wildman–Crippen LogP) is 0.959. The first kappa shape index (κ1) is 11.4. The fraction of sp³-hybridized carbons (Fsp3) is 0.167. The van der Waals surface area contributed by atoms with E-state index in [2.05, 4.69) is 15.6 Å². The number of hydrogen-bond acceptors (Lipinski definition) is 4. The van der Waals surface area contributed by atoms with E-state index in [9.17, 15) is 9.59 Å². The van der Waals surface area contributed by atoms with Gasteiger partial charge in [0, 0.05) is 5.02 Å². The van der Waals surface area contributed by atoms with Crippen molar-refractivity contribution in [3.8, 4) is 0 Å². The average molecular weight is 290 g/mol. The van der Waals surface area contributed by atoms with Crippen LogP contribution in [-0.4, -0.2) is 25.3 Å². The Morgan fingerprint density at radius 3 is 2.95 bits per heavy atom. The molecule has 8 heteroatoms. The van der Waals surface area contributed by atoms with E-state index in [1.807, 2.05) is 0 Å². The molecule has 20 heavy (non-hydrogen) atoms. The Morgan fingerprint density at radius 2 is 2.15 bits per heavy atom. The highest BCUT2D eigenvalue weighted by atomic mass is 35.5. The maximum Gasteiger partial charge on any atom is 0.277 e. The molecule has 0 bridgehead atoms. The van der Waals surface area contributed by atoms with Crippen molar-refractivity contribution in [2.45, 2.75) is 13.1 Å². The molecule has 1 atom stereocenters. The minimum absolute atomic E-state index is 0.150. The van der Waals surface area contributed by atoms with Crippen molar-refractivity contribution in [3.63, 3.8) is 0 Å². The van der Waals surface area contributed by atoms with Gasteiger partial charge >= 0.3 is 0 Å². The fourth-order valence-electron chi connectivity index (χ4n) is 2.57. The summed E-state index contributed by atoms with van der Waals surface area (Å²) in [6.45, 7) is 1.73. The molecule has 0 fully saturated rings. The third kappa shape index (κ3) is 1.25. The number of carbonyl (C=O) groups excluding carboxylic acids is 1. The Hall–Kier alpha value is -2.41. The van der Waals surface area contributed by atoms with Crippen molar-refractivity contribution >= 4 is 34.1 Å². The zero-order valence-corrected chi connectivity index (χ0v) is 11.0. The first-order valence-corrected chi connectivity index (χ1v) is 6.36. The number of fused-ring (bicyclic) bond motifs is 2. The lowest BCUT2D eigenvalue weighted by atomic mass is 10.2. The van der Waals surface area contributed by atoms with Crippen LogP contribution in [0.2, 0.25) is 5.02 Å². The van der Waals surface area contributed by atoms with Crippen LogP contribution in [0.3, 0.4) is 0 Å². The monoisotopic (exact) mass is 289 g/mol. The number of rotatable bonds is 0. The molecule has 1 N–H and O–H groups in total. The fourth-order valence-corrected chi connectivity index (χ4v) is 2.75. The highest BCUT2D eigenvalue weighted by molar-refractivity contribution is 6.31. The summed E-state index contributed by atoms with van der Waals surface area (Å²) in [6.07, 6.45) is -0.466. The van der Waals surface area contributed by atoms with Crippen LogP contribution in [0.5, 0.6) is 0 Å². The van der Waals surface area contributed by atoms with E-state index < -0.39 is 6.17 Å². The van der Waals surface area contributed by atoms with Crippen molar-refractivity contribution in [2.75, 3.05) is 0 Å². The molecule has 7 nitrogen and oxygen atoms in total. The van der Waals surface area contributed by atoms with Gasteiger partial charge in [0.05, 0.1) is 10.9 Å². The van der Waals surface area contributed by atoms with Crippen LogP contribution >= 0.6 is 11.6 Å². The average Bonchev–Trinajstić information content (AvgIpc) is 2.83. The first-order valence-electron chi connectivity index (χ1n) is 5.98. The number of amides is 1. The number of hydrogen-bond donors (Lipinski definition) is 1. The van der Waals surface area contributed by atoms with Crippen LogP contribution in [0, 0.1) is 0 Å². The third-order valence-electron chi connectivity index (χ3n) is 3.45. The zero-order chi connectivity index (χ0) is 14.0. The number of benzene rings is 1. The molecule has 0 spiro atoms. The predicted molar refractivity (Wildman–Crippen MR) is 71.9 cm³/mol. The van der Waals surface area contributed by atoms with Crippen LogP contribution < -0.4 is 10.9 Å². The van der Waals surface area contributed by atoms with Crippen molar-refractivity contribution in [1.82, 2.24) is 24.7 Å². The number of aromatic nitrogens is 4. The molecule has 1 amide bonds. The highest BCUT2D eigenvalue weighted by Gasteiger charge is 2.29. The summed E-state index contributed by atoms with van der Waals surface area (Å²) in [5.41, 5.74) is 0.899. The van der Waals surface area contributed by atoms with Gasteiger partial charge in [-0.3, -0.25) is 14.2 Å². The van der Waals surface area contributed by atoms with Crippen LogP contribution in [0.25, 0.3) is 16.6 Å². The standard InChI is InChI=1S/C12H8ClN5O2/c1-5-14-10(19)9-11-17(5)12(20)7-4-6(13)2-3-8(7)18(11)16-15-9/h2-5H,1H3,(H,14,19). The van der Waals surface area contributed by atoms with Crippen LogP contribution in [0.1, 0.15) is 23.6 Å². The summed E-state index contributed by atoms with van der Waals surface area (Å²) in [5.74, 6) is -0.333. The molecule has 0 saturated carbocycles. The Kier molecular flexibility index (Phi) is 2.04. The van der Waals surface area contributed by atoms with Gasteiger partial charge in [0.25, 0.3) is 11.5 Å². The first-order chi connectivity index (χ1) is 9.58. The van der Waals surface area contributed by atoms with Gasteiger partial charge in [0.2, 0.25) is 0 Å². The molecule has 3 heterocycles. The number of halogens is 1. The summed E-state index contributed by atoms with van der Waals surface area (Å²) in [6, 6.07) is 4.95. The minimum atomic E-state index is -0.466. The smallest absolute Gasteiger partial charge is 0.277 e. The molecular weight excluding hydrogens is 282 g/mol. The van der Waals surface area contributed by atoms with Gasteiger partial charge in [-0.2, -0.15) is 4.52 Å². The topological polar surface area (TPSA) is 81.3 Å². The zero-order valence-electron chi connectivity index (χ0n) is 10.3. The molecule has 2 aromatic heterocycles. The Labute approximate surface area is 116 Å². The maximum atomic E-state index is 12.6. The number of nitrogens with zero attached hydrogens (tertiary/aromatic N) is 4. The third-order valence-corrected chi connectivity index (χ3v) is 3.69. The molecular formula is C12H8ClN5O2. The van der Waals surface area contributed by atoms with Gasteiger partial charge in [0.1, 0.15) is 6.17 Å². The largest absolute Gasteiger partial charge is 0.330 e. The molecule has 4 rings (SSSR count).